The minimum Gasteiger partial charge on any atom is -0.496 e. The maximum atomic E-state index is 13.6. The number of hydrogen-bond acceptors (Lipinski definition) is 5. The standard InChI is InChI=1S/C23H29N3O2S/c1-4-25(5-2)13-14-26-20(15-16-9-6-7-11-18(16)28-3)24-22-21(23(26)27)17-10-8-12-19(17)29-22/h6-7,9,11H,4-5,8,10,12-15H2,1-3H3. The third kappa shape index (κ3) is 3.83. The minimum absolute atomic E-state index is 0.131. The Morgan fingerprint density at radius 3 is 2.76 bits per heavy atom. The number of aromatic nitrogens is 2. The van der Waals surface area contributed by atoms with E-state index in [0.29, 0.717) is 13.0 Å². The average Bonchev–Trinajstić information content (AvgIpc) is 3.31. The highest BCUT2D eigenvalue weighted by molar-refractivity contribution is 7.18. The summed E-state index contributed by atoms with van der Waals surface area (Å²) in [5.74, 6) is 1.67. The van der Waals surface area contributed by atoms with Gasteiger partial charge in [0.25, 0.3) is 5.56 Å². The summed E-state index contributed by atoms with van der Waals surface area (Å²) in [6, 6.07) is 7.99. The number of fused-ring (bicyclic) bond motifs is 3. The van der Waals surface area contributed by atoms with Crippen molar-refractivity contribution in [3.05, 3.63) is 56.4 Å². The molecule has 6 heteroatoms. The van der Waals surface area contributed by atoms with E-state index in [1.54, 1.807) is 18.4 Å². The highest BCUT2D eigenvalue weighted by atomic mass is 32.1. The summed E-state index contributed by atoms with van der Waals surface area (Å²) in [6.07, 6.45) is 3.83. The van der Waals surface area contributed by atoms with Crippen molar-refractivity contribution in [1.82, 2.24) is 14.5 Å². The lowest BCUT2D eigenvalue weighted by Crippen LogP contribution is -2.33. The van der Waals surface area contributed by atoms with Crippen LogP contribution in [0.3, 0.4) is 0 Å². The summed E-state index contributed by atoms with van der Waals surface area (Å²) in [6.45, 7) is 7.81. The number of rotatable bonds is 8. The van der Waals surface area contributed by atoms with Gasteiger partial charge in [0.1, 0.15) is 16.4 Å². The molecule has 0 radical (unpaired) electrons. The third-order valence-corrected chi connectivity index (χ3v) is 7.16. The molecule has 1 aliphatic carbocycles. The first kappa shape index (κ1) is 20.1. The fourth-order valence-corrected chi connectivity index (χ4v) is 5.56. The number of nitrogens with zero attached hydrogens (tertiary/aromatic N) is 3. The van der Waals surface area contributed by atoms with Crippen LogP contribution in [0.15, 0.2) is 29.1 Å². The number of benzene rings is 1. The molecule has 0 aliphatic heterocycles. The van der Waals surface area contributed by atoms with Gasteiger partial charge in [0.05, 0.1) is 12.5 Å². The molecule has 0 unspecified atom stereocenters. The maximum absolute atomic E-state index is 13.6. The molecule has 2 aromatic heterocycles. The fourth-order valence-electron chi connectivity index (χ4n) is 4.29. The second kappa shape index (κ2) is 8.67. The van der Waals surface area contributed by atoms with Crippen LogP contribution < -0.4 is 10.3 Å². The lowest BCUT2D eigenvalue weighted by Gasteiger charge is -2.20. The number of ether oxygens (including phenoxy) is 1. The molecule has 1 aliphatic rings. The topological polar surface area (TPSA) is 47.4 Å². The van der Waals surface area contributed by atoms with Gasteiger partial charge in [-0.25, -0.2) is 4.98 Å². The van der Waals surface area contributed by atoms with Crippen molar-refractivity contribution >= 4 is 21.6 Å². The van der Waals surface area contributed by atoms with Crippen molar-refractivity contribution in [2.75, 3.05) is 26.7 Å². The first-order valence-electron chi connectivity index (χ1n) is 10.5. The van der Waals surface area contributed by atoms with Crippen molar-refractivity contribution < 1.29 is 4.74 Å². The van der Waals surface area contributed by atoms with Crippen molar-refractivity contribution in [2.24, 2.45) is 0 Å². The molecule has 1 aromatic carbocycles. The van der Waals surface area contributed by atoms with Crippen LogP contribution in [0.5, 0.6) is 5.75 Å². The van der Waals surface area contributed by atoms with Gasteiger partial charge in [-0.1, -0.05) is 32.0 Å². The number of likely N-dealkylation sites (N-methyl/N-ethyl adjacent to an activating group) is 1. The number of para-hydroxylation sites is 1. The highest BCUT2D eigenvalue weighted by Gasteiger charge is 2.23. The van der Waals surface area contributed by atoms with Gasteiger partial charge < -0.3 is 9.64 Å². The smallest absolute Gasteiger partial charge is 0.262 e. The van der Waals surface area contributed by atoms with Gasteiger partial charge in [-0.15, -0.1) is 11.3 Å². The molecule has 0 N–H and O–H groups in total. The first-order chi connectivity index (χ1) is 14.2. The van der Waals surface area contributed by atoms with Crippen LogP contribution >= 0.6 is 11.3 Å². The Bertz CT molecular complexity index is 1070. The fraction of sp³-hybridized carbons (Fsp3) is 0.478. The van der Waals surface area contributed by atoms with Gasteiger partial charge in [-0.05, 0) is 44.0 Å². The van der Waals surface area contributed by atoms with Gasteiger partial charge in [-0.2, -0.15) is 0 Å². The van der Waals surface area contributed by atoms with E-state index in [9.17, 15) is 4.79 Å². The molecular weight excluding hydrogens is 382 g/mol. The summed E-state index contributed by atoms with van der Waals surface area (Å²) < 4.78 is 7.45. The Hall–Kier alpha value is -2.18. The van der Waals surface area contributed by atoms with Gasteiger partial charge in [0, 0.05) is 30.0 Å². The van der Waals surface area contributed by atoms with E-state index in [0.717, 1.165) is 66.3 Å². The Labute approximate surface area is 176 Å². The number of aryl methyl sites for hydroxylation is 2. The zero-order chi connectivity index (χ0) is 20.4. The predicted octanol–water partition coefficient (Wildman–Crippen LogP) is 3.89. The van der Waals surface area contributed by atoms with Crippen molar-refractivity contribution in [3.63, 3.8) is 0 Å². The molecule has 154 valence electrons. The number of hydrogen-bond donors (Lipinski definition) is 0. The molecule has 5 nitrogen and oxygen atoms in total. The second-order valence-corrected chi connectivity index (χ2v) is 8.62. The molecule has 0 bridgehead atoms. The highest BCUT2D eigenvalue weighted by Crippen LogP contribution is 2.35. The molecule has 0 fully saturated rings. The summed E-state index contributed by atoms with van der Waals surface area (Å²) in [4.78, 5) is 23.2. The molecule has 0 saturated heterocycles. The van der Waals surface area contributed by atoms with E-state index in [1.807, 2.05) is 22.8 Å². The minimum atomic E-state index is 0.131. The molecule has 0 atom stereocenters. The molecule has 0 amide bonds. The predicted molar refractivity (Wildman–Crippen MR) is 119 cm³/mol. The van der Waals surface area contributed by atoms with E-state index in [-0.39, 0.29) is 5.56 Å². The second-order valence-electron chi connectivity index (χ2n) is 7.54. The SMILES string of the molecule is CCN(CC)CCn1c(Cc2ccccc2OC)nc2sc3c(c2c1=O)CCC3. The molecule has 3 aromatic rings. The van der Waals surface area contributed by atoms with E-state index in [1.165, 1.54) is 10.4 Å². The van der Waals surface area contributed by atoms with Crippen LogP contribution in [0.1, 0.15) is 42.1 Å². The molecule has 0 spiro atoms. The van der Waals surface area contributed by atoms with Crippen LogP contribution in [0.4, 0.5) is 0 Å². The Balaban J connectivity index is 1.80. The van der Waals surface area contributed by atoms with Crippen molar-refractivity contribution in [2.45, 2.75) is 46.1 Å². The van der Waals surface area contributed by atoms with Crippen LogP contribution in [0.25, 0.3) is 10.2 Å². The van der Waals surface area contributed by atoms with Gasteiger partial charge >= 0.3 is 0 Å². The van der Waals surface area contributed by atoms with Gasteiger partial charge in [-0.3, -0.25) is 9.36 Å². The monoisotopic (exact) mass is 411 g/mol. The summed E-state index contributed by atoms with van der Waals surface area (Å²) in [5, 5.41) is 0.867. The normalized spacial score (nSPS) is 13.4. The van der Waals surface area contributed by atoms with Crippen LogP contribution in [0.2, 0.25) is 0 Å². The van der Waals surface area contributed by atoms with E-state index in [4.69, 9.17) is 9.72 Å². The lowest BCUT2D eigenvalue weighted by molar-refractivity contribution is 0.287. The van der Waals surface area contributed by atoms with Gasteiger partial charge in [0.2, 0.25) is 0 Å². The number of thiophene rings is 1. The van der Waals surface area contributed by atoms with Crippen LogP contribution in [-0.2, 0) is 25.8 Å². The summed E-state index contributed by atoms with van der Waals surface area (Å²) in [7, 11) is 1.69. The van der Waals surface area contributed by atoms with Gasteiger partial charge in [0.15, 0.2) is 0 Å². The van der Waals surface area contributed by atoms with Crippen molar-refractivity contribution in [1.29, 1.82) is 0 Å². The van der Waals surface area contributed by atoms with Crippen molar-refractivity contribution in [3.8, 4) is 5.75 Å². The zero-order valence-electron chi connectivity index (χ0n) is 17.5. The Morgan fingerprint density at radius 2 is 2.00 bits per heavy atom. The average molecular weight is 412 g/mol. The molecule has 0 saturated carbocycles. The molecule has 29 heavy (non-hydrogen) atoms. The van der Waals surface area contributed by atoms with E-state index >= 15 is 0 Å². The summed E-state index contributed by atoms with van der Waals surface area (Å²) in [5.41, 5.74) is 2.44. The maximum Gasteiger partial charge on any atom is 0.262 e. The molecule has 4 rings (SSSR count). The third-order valence-electron chi connectivity index (χ3n) is 5.98. The largest absolute Gasteiger partial charge is 0.496 e. The first-order valence-corrected chi connectivity index (χ1v) is 11.4. The number of methoxy groups -OCH3 is 1. The molecular formula is C23H29N3O2S. The Kier molecular flexibility index (Phi) is 6.01. The van der Waals surface area contributed by atoms with Crippen LogP contribution in [0, 0.1) is 0 Å². The summed E-state index contributed by atoms with van der Waals surface area (Å²) >= 11 is 1.71. The van der Waals surface area contributed by atoms with Crippen LogP contribution in [-0.4, -0.2) is 41.2 Å². The van der Waals surface area contributed by atoms with E-state index in [2.05, 4.69) is 24.8 Å². The lowest BCUT2D eigenvalue weighted by atomic mass is 10.1. The molecule has 2 heterocycles. The Morgan fingerprint density at radius 1 is 1.21 bits per heavy atom. The quantitative estimate of drug-likeness (QED) is 0.564. The zero-order valence-corrected chi connectivity index (χ0v) is 18.3. The van der Waals surface area contributed by atoms with E-state index < -0.39 is 0 Å².